The Morgan fingerprint density at radius 2 is 1.82 bits per heavy atom. The van der Waals surface area contributed by atoms with Crippen LogP contribution in [0.5, 0.6) is 0 Å². The second-order valence-electron chi connectivity index (χ2n) is 10.1. The lowest BCUT2D eigenvalue weighted by Gasteiger charge is -2.17. The summed E-state index contributed by atoms with van der Waals surface area (Å²) in [5.41, 5.74) is 6.30. The van der Waals surface area contributed by atoms with Crippen LogP contribution in [0.15, 0.2) is 71.5 Å². The summed E-state index contributed by atoms with van der Waals surface area (Å²) in [6, 6.07) is 10.9. The number of hydrogen-bond donors (Lipinski definition) is 1. The molecule has 2 aromatic carbocycles. The summed E-state index contributed by atoms with van der Waals surface area (Å²) in [6.07, 6.45) is 14.3. The van der Waals surface area contributed by atoms with E-state index in [9.17, 15) is 4.39 Å². The van der Waals surface area contributed by atoms with Crippen molar-refractivity contribution in [3.05, 3.63) is 77.9 Å². The van der Waals surface area contributed by atoms with Crippen molar-refractivity contribution in [2.24, 2.45) is 10.9 Å². The van der Waals surface area contributed by atoms with Crippen molar-refractivity contribution in [1.29, 1.82) is 0 Å². The Hall–Kier alpha value is -3.34. The lowest BCUT2D eigenvalue weighted by Crippen LogP contribution is -2.07. The van der Waals surface area contributed by atoms with Gasteiger partial charge >= 0.3 is 0 Å². The first-order valence-electron chi connectivity index (χ1n) is 14.0. The second kappa shape index (κ2) is 14.6. The van der Waals surface area contributed by atoms with Crippen LogP contribution < -0.4 is 5.32 Å². The molecule has 1 aliphatic carbocycles. The summed E-state index contributed by atoms with van der Waals surface area (Å²) in [5.74, 6) is 2.03. The fourth-order valence-electron chi connectivity index (χ4n) is 4.22. The molecule has 1 unspecified atom stereocenters. The minimum absolute atomic E-state index is 0.237. The number of allylic oxidation sites excluding steroid dienone is 2. The van der Waals surface area contributed by atoms with E-state index in [1.807, 2.05) is 25.1 Å². The fraction of sp³-hybridized carbons (Fsp3) is 0.424. The zero-order valence-electron chi connectivity index (χ0n) is 23.9. The molecule has 0 radical (unpaired) electrons. The van der Waals surface area contributed by atoms with Gasteiger partial charge in [-0.1, -0.05) is 71.2 Å². The predicted molar refractivity (Wildman–Crippen MR) is 162 cm³/mol. The molecule has 1 aliphatic rings. The molecule has 38 heavy (non-hydrogen) atoms. The van der Waals surface area contributed by atoms with Gasteiger partial charge in [0, 0.05) is 24.7 Å². The third-order valence-electron chi connectivity index (χ3n) is 7.18. The zero-order valence-corrected chi connectivity index (χ0v) is 23.9. The highest BCUT2D eigenvalue weighted by Gasteiger charge is 2.17. The van der Waals surface area contributed by atoms with Gasteiger partial charge in [-0.2, -0.15) is 0 Å². The van der Waals surface area contributed by atoms with Gasteiger partial charge in [0.05, 0.1) is 5.52 Å². The minimum Gasteiger partial charge on any atom is -0.365 e. The summed E-state index contributed by atoms with van der Waals surface area (Å²) >= 11 is 0. The fourth-order valence-corrected chi connectivity index (χ4v) is 4.22. The van der Waals surface area contributed by atoms with Gasteiger partial charge in [0.15, 0.2) is 0 Å². The topological polar surface area (TPSA) is 50.2 Å². The molecule has 5 heteroatoms. The number of anilines is 1. The van der Waals surface area contributed by atoms with Gasteiger partial charge in [-0.25, -0.2) is 14.4 Å². The molecule has 202 valence electrons. The summed E-state index contributed by atoms with van der Waals surface area (Å²) in [7, 11) is 1.79. The van der Waals surface area contributed by atoms with Gasteiger partial charge in [-0.3, -0.25) is 4.99 Å². The standard InChI is InChI=1S/C28H33FN4.C5H10/c1-6-8-21(10-9-20(4)30-5)17-31-28-26-16-23(22-11-13-24(29)14-12-22)15-25(19(3)7-2)27(26)32-18-33-28;1-2-5-3-4-5/h8-16,18-19H,6-7,17H2,1-5H3,(H,31,32,33);5H,2-4H2,1H3/b10-9-,21-8-,30-20?;. The molecule has 0 spiro atoms. The van der Waals surface area contributed by atoms with Crippen molar-refractivity contribution in [3.63, 3.8) is 0 Å². The van der Waals surface area contributed by atoms with Crippen LogP contribution in [0.25, 0.3) is 22.0 Å². The molecule has 1 heterocycles. The average molecular weight is 515 g/mol. The van der Waals surface area contributed by atoms with E-state index in [-0.39, 0.29) is 5.82 Å². The number of hydrogen-bond acceptors (Lipinski definition) is 4. The van der Waals surface area contributed by atoms with Crippen molar-refractivity contribution in [2.75, 3.05) is 18.9 Å². The lowest BCUT2D eigenvalue weighted by atomic mass is 9.91. The number of fused-ring (bicyclic) bond motifs is 1. The zero-order chi connectivity index (χ0) is 27.5. The minimum atomic E-state index is -0.237. The van der Waals surface area contributed by atoms with Gasteiger partial charge in [-0.15, -0.1) is 0 Å². The van der Waals surface area contributed by atoms with E-state index < -0.39 is 0 Å². The lowest BCUT2D eigenvalue weighted by molar-refractivity contribution is 0.628. The van der Waals surface area contributed by atoms with Crippen molar-refractivity contribution in [1.82, 2.24) is 9.97 Å². The Balaban J connectivity index is 0.000000715. The molecule has 0 bridgehead atoms. The van der Waals surface area contributed by atoms with Gasteiger partial charge in [0.25, 0.3) is 0 Å². The highest BCUT2D eigenvalue weighted by molar-refractivity contribution is 5.95. The Bertz CT molecular complexity index is 1270. The molecule has 1 N–H and O–H groups in total. The maximum absolute atomic E-state index is 13.5. The van der Waals surface area contributed by atoms with E-state index in [4.69, 9.17) is 0 Å². The first-order valence-corrected chi connectivity index (χ1v) is 14.0. The second-order valence-corrected chi connectivity index (χ2v) is 10.1. The number of nitrogens with zero attached hydrogens (tertiary/aromatic N) is 3. The van der Waals surface area contributed by atoms with Crippen molar-refractivity contribution < 1.29 is 4.39 Å². The Labute approximate surface area is 228 Å². The highest BCUT2D eigenvalue weighted by Crippen LogP contribution is 2.34. The van der Waals surface area contributed by atoms with Gasteiger partial charge in [0.2, 0.25) is 0 Å². The van der Waals surface area contributed by atoms with E-state index >= 15 is 0 Å². The summed E-state index contributed by atoms with van der Waals surface area (Å²) in [4.78, 5) is 13.4. The molecule has 1 saturated carbocycles. The monoisotopic (exact) mass is 514 g/mol. The Kier molecular flexibility index (Phi) is 11.2. The van der Waals surface area contributed by atoms with E-state index in [2.05, 4.69) is 72.3 Å². The normalized spacial score (nSPS) is 14.9. The van der Waals surface area contributed by atoms with E-state index in [1.54, 1.807) is 13.4 Å². The van der Waals surface area contributed by atoms with E-state index in [0.29, 0.717) is 12.5 Å². The number of rotatable bonds is 10. The number of benzene rings is 2. The molecule has 4 nitrogen and oxygen atoms in total. The summed E-state index contributed by atoms with van der Waals surface area (Å²) in [6.45, 7) is 11.4. The Morgan fingerprint density at radius 1 is 1.08 bits per heavy atom. The molecule has 1 atom stereocenters. The van der Waals surface area contributed by atoms with Gasteiger partial charge in [-0.05, 0) is 84.2 Å². The third kappa shape index (κ3) is 8.34. The number of nitrogens with one attached hydrogen (secondary N) is 1. The van der Waals surface area contributed by atoms with Crippen LogP contribution in [-0.4, -0.2) is 29.3 Å². The molecule has 1 fully saturated rings. The summed E-state index contributed by atoms with van der Waals surface area (Å²) < 4.78 is 13.5. The van der Waals surface area contributed by atoms with Crippen LogP contribution in [0, 0.1) is 11.7 Å². The average Bonchev–Trinajstić information content (AvgIpc) is 3.79. The Morgan fingerprint density at radius 3 is 2.39 bits per heavy atom. The van der Waals surface area contributed by atoms with Crippen molar-refractivity contribution >= 4 is 22.4 Å². The molecule has 1 aromatic heterocycles. The third-order valence-corrected chi connectivity index (χ3v) is 7.18. The summed E-state index contributed by atoms with van der Waals surface area (Å²) in [5, 5.41) is 4.49. The molecule has 0 saturated heterocycles. The predicted octanol–water partition coefficient (Wildman–Crippen LogP) is 9.15. The van der Waals surface area contributed by atoms with Gasteiger partial charge < -0.3 is 5.32 Å². The molecule has 4 rings (SSSR count). The smallest absolute Gasteiger partial charge is 0.137 e. The molecular formula is C33H43FN4. The number of aromatic nitrogens is 2. The molecule has 0 amide bonds. The maximum Gasteiger partial charge on any atom is 0.137 e. The van der Waals surface area contributed by atoms with Crippen LogP contribution in [-0.2, 0) is 0 Å². The van der Waals surface area contributed by atoms with Crippen LogP contribution in [0.4, 0.5) is 10.2 Å². The van der Waals surface area contributed by atoms with Crippen LogP contribution >= 0.6 is 0 Å². The largest absolute Gasteiger partial charge is 0.365 e. The van der Waals surface area contributed by atoms with E-state index in [0.717, 1.165) is 52.3 Å². The first kappa shape index (κ1) is 29.2. The highest BCUT2D eigenvalue weighted by atomic mass is 19.1. The number of halogens is 1. The van der Waals surface area contributed by atoms with Crippen molar-refractivity contribution in [2.45, 2.75) is 72.6 Å². The quantitative estimate of drug-likeness (QED) is 0.217. The van der Waals surface area contributed by atoms with Gasteiger partial charge in [0.1, 0.15) is 18.0 Å². The van der Waals surface area contributed by atoms with Crippen LogP contribution in [0.1, 0.15) is 78.2 Å². The first-order chi connectivity index (χ1) is 18.4. The van der Waals surface area contributed by atoms with Crippen LogP contribution in [0.2, 0.25) is 0 Å². The van der Waals surface area contributed by atoms with Crippen molar-refractivity contribution in [3.8, 4) is 11.1 Å². The molecule has 0 aliphatic heterocycles. The van der Waals surface area contributed by atoms with Crippen LogP contribution in [0.3, 0.4) is 0 Å². The number of aliphatic imine (C=N–C) groups is 1. The molecular weight excluding hydrogens is 471 g/mol. The molecule has 3 aromatic rings. The maximum atomic E-state index is 13.5. The van der Waals surface area contributed by atoms with E-state index in [1.165, 1.54) is 42.5 Å². The SMILES string of the molecule is CC/C=C(/C=C\C(C)=NC)CNc1ncnc2c(C(C)CC)cc(-c3ccc(F)cc3)cc12.CCC1CC1.